The quantitative estimate of drug-likeness (QED) is 0.420. The van der Waals surface area contributed by atoms with Crippen molar-refractivity contribution in [3.63, 3.8) is 0 Å². The van der Waals surface area contributed by atoms with Crippen molar-refractivity contribution in [1.82, 2.24) is 34.8 Å². The van der Waals surface area contributed by atoms with Crippen LogP contribution in [-0.2, 0) is 17.8 Å². The largest absolute Gasteiger partial charge is 0.360 e. The molecule has 1 aliphatic carbocycles. The summed E-state index contributed by atoms with van der Waals surface area (Å²) in [5.74, 6) is 0.667. The van der Waals surface area contributed by atoms with Crippen LogP contribution in [0, 0.1) is 0 Å². The topological polar surface area (TPSA) is 115 Å². The van der Waals surface area contributed by atoms with Crippen LogP contribution in [0.1, 0.15) is 37.1 Å². The van der Waals surface area contributed by atoms with Crippen molar-refractivity contribution >= 4 is 27.8 Å². The van der Waals surface area contributed by atoms with Crippen molar-refractivity contribution in [3.8, 4) is 22.8 Å². The summed E-state index contributed by atoms with van der Waals surface area (Å²) in [4.78, 5) is 28.6. The highest BCUT2D eigenvalue weighted by molar-refractivity contribution is 6.24. The summed E-state index contributed by atoms with van der Waals surface area (Å²) in [6.45, 7) is 3.03. The van der Waals surface area contributed by atoms with E-state index in [4.69, 9.17) is 9.51 Å². The zero-order chi connectivity index (χ0) is 24.7. The number of carbonyl (C=O) groups excluding carboxylic acids is 1. The third-order valence-electron chi connectivity index (χ3n) is 7.99. The summed E-state index contributed by atoms with van der Waals surface area (Å²) in [6, 6.07) is 9.32. The van der Waals surface area contributed by atoms with Gasteiger partial charge in [0.05, 0.1) is 34.7 Å². The predicted octanol–water partition coefficient (Wildman–Crippen LogP) is 3.13. The molecule has 10 nitrogen and oxygen atoms in total. The molecule has 36 heavy (non-hydrogen) atoms. The Labute approximate surface area is 210 Å². The van der Waals surface area contributed by atoms with Crippen LogP contribution in [0.25, 0.3) is 22.8 Å². The van der Waals surface area contributed by atoms with E-state index in [0.717, 1.165) is 31.5 Å². The maximum absolute atomic E-state index is 12.9. The van der Waals surface area contributed by atoms with Crippen molar-refractivity contribution in [2.45, 2.75) is 49.2 Å². The van der Waals surface area contributed by atoms with Gasteiger partial charge in [0.1, 0.15) is 17.4 Å². The van der Waals surface area contributed by atoms with Gasteiger partial charge in [-0.2, -0.15) is 5.10 Å². The smallest absolute Gasteiger partial charge is 0.233 e. The lowest BCUT2D eigenvalue weighted by atomic mass is 9.99. The van der Waals surface area contributed by atoms with E-state index in [2.05, 4.69) is 42.7 Å². The SMILES string of the molecule is CN1C(=O)[C@H](c2cc(-c3cccc(-c4ccnc(Nc5cnn6c5CCC6)n4)n3)no2)[C@@]2([Si])C[C@@]12C. The van der Waals surface area contributed by atoms with Crippen molar-refractivity contribution in [1.29, 1.82) is 0 Å². The highest BCUT2D eigenvalue weighted by atomic mass is 28.1. The summed E-state index contributed by atoms with van der Waals surface area (Å²) in [5.41, 5.74) is 4.50. The monoisotopic (exact) mass is 495 g/mol. The number of pyridine rings is 1. The second-order valence-electron chi connectivity index (χ2n) is 10.00. The van der Waals surface area contributed by atoms with Gasteiger partial charge in [-0.1, -0.05) is 11.2 Å². The molecule has 0 spiro atoms. The first kappa shape index (κ1) is 21.4. The molecule has 3 atom stereocenters. The molecule has 1 saturated heterocycles. The van der Waals surface area contributed by atoms with Gasteiger partial charge in [-0.05, 0) is 44.4 Å². The second-order valence-corrected chi connectivity index (χ2v) is 10.9. The van der Waals surface area contributed by atoms with Gasteiger partial charge in [-0.3, -0.25) is 9.48 Å². The summed E-state index contributed by atoms with van der Waals surface area (Å²) >= 11 is 0. The van der Waals surface area contributed by atoms with E-state index in [1.54, 1.807) is 6.20 Å². The minimum absolute atomic E-state index is 0.0354. The van der Waals surface area contributed by atoms with Gasteiger partial charge in [0, 0.05) is 46.7 Å². The highest BCUT2D eigenvalue weighted by Gasteiger charge is 2.76. The number of aryl methyl sites for hydroxylation is 1. The van der Waals surface area contributed by atoms with Crippen LogP contribution in [0.15, 0.2) is 47.2 Å². The number of amides is 1. The number of rotatable bonds is 5. The number of likely N-dealkylation sites (tertiary alicyclic amines) is 1. The third kappa shape index (κ3) is 2.95. The molecule has 0 bridgehead atoms. The molecule has 7 rings (SSSR count). The molecule has 0 unspecified atom stereocenters. The number of fused-ring (bicyclic) bond motifs is 2. The molecule has 6 heterocycles. The molecule has 3 aliphatic rings. The molecule has 3 radical (unpaired) electrons. The summed E-state index contributed by atoms with van der Waals surface area (Å²) in [6.07, 6.45) is 6.49. The predicted molar refractivity (Wildman–Crippen MR) is 132 cm³/mol. The lowest BCUT2D eigenvalue weighted by Gasteiger charge is -2.19. The molecule has 4 aromatic heterocycles. The molecule has 0 aromatic carbocycles. The Morgan fingerprint density at radius 2 is 1.97 bits per heavy atom. The number of carbonyl (C=O) groups is 1. The third-order valence-corrected chi connectivity index (χ3v) is 8.99. The Kier molecular flexibility index (Phi) is 4.36. The number of aromatic nitrogens is 6. The molecule has 4 aromatic rings. The molecule has 11 heteroatoms. The number of anilines is 2. The first-order chi connectivity index (χ1) is 17.4. The van der Waals surface area contributed by atoms with Crippen molar-refractivity contribution in [2.24, 2.45) is 0 Å². The lowest BCUT2D eigenvalue weighted by molar-refractivity contribution is -0.130. The molecular weight excluding hydrogens is 472 g/mol. The number of nitrogens with zero attached hydrogens (tertiary/aromatic N) is 7. The van der Waals surface area contributed by atoms with E-state index >= 15 is 0 Å². The molecule has 2 fully saturated rings. The molecule has 2 aliphatic heterocycles. The van der Waals surface area contributed by atoms with Gasteiger partial charge in [0.15, 0.2) is 0 Å². The average Bonchev–Trinajstić information content (AvgIpc) is 3.42. The van der Waals surface area contributed by atoms with Crippen LogP contribution < -0.4 is 5.32 Å². The minimum atomic E-state index is -0.408. The van der Waals surface area contributed by atoms with Crippen molar-refractivity contribution in [3.05, 3.63) is 54.2 Å². The van der Waals surface area contributed by atoms with Gasteiger partial charge < -0.3 is 14.7 Å². The first-order valence-electron chi connectivity index (χ1n) is 12.0. The van der Waals surface area contributed by atoms with Gasteiger partial charge in [-0.25, -0.2) is 15.0 Å². The maximum atomic E-state index is 12.9. The number of hydrogen-bond acceptors (Lipinski definition) is 8. The summed E-state index contributed by atoms with van der Waals surface area (Å²) in [5, 5.41) is 11.6. The Balaban J connectivity index is 1.16. The van der Waals surface area contributed by atoms with Crippen LogP contribution in [0.4, 0.5) is 11.6 Å². The van der Waals surface area contributed by atoms with Gasteiger partial charge >= 0.3 is 0 Å². The molecule has 1 N–H and O–H groups in total. The van der Waals surface area contributed by atoms with E-state index in [0.29, 0.717) is 34.5 Å². The Hall–Kier alpha value is -3.86. The fourth-order valence-electron chi connectivity index (χ4n) is 5.66. The fourth-order valence-corrected chi connectivity index (χ4v) is 6.44. The van der Waals surface area contributed by atoms with Crippen molar-refractivity contribution in [2.75, 3.05) is 12.4 Å². The second kappa shape index (κ2) is 7.32. The fraction of sp³-hybridized carbons (Fsp3) is 0.360. The van der Waals surface area contributed by atoms with E-state index < -0.39 is 5.92 Å². The lowest BCUT2D eigenvalue weighted by Crippen LogP contribution is -2.33. The Morgan fingerprint density at radius 3 is 2.78 bits per heavy atom. The minimum Gasteiger partial charge on any atom is -0.360 e. The average molecular weight is 496 g/mol. The molecule has 179 valence electrons. The van der Waals surface area contributed by atoms with Crippen LogP contribution in [0.5, 0.6) is 0 Å². The Morgan fingerprint density at radius 1 is 1.17 bits per heavy atom. The molecular formula is C25H23N8O2Si. The van der Waals surface area contributed by atoms with E-state index in [-0.39, 0.29) is 16.5 Å². The zero-order valence-electron chi connectivity index (χ0n) is 19.9. The number of nitrogens with one attached hydrogen (secondary N) is 1. The number of likely N-dealkylation sites (N-methyl/N-ethyl adjacent to an activating group) is 1. The molecule has 1 saturated carbocycles. The zero-order valence-corrected chi connectivity index (χ0v) is 20.9. The van der Waals surface area contributed by atoms with Crippen LogP contribution >= 0.6 is 0 Å². The van der Waals surface area contributed by atoms with Crippen LogP contribution in [-0.4, -0.2) is 63.5 Å². The van der Waals surface area contributed by atoms with Crippen molar-refractivity contribution < 1.29 is 9.32 Å². The van der Waals surface area contributed by atoms with Crippen LogP contribution in [0.2, 0.25) is 5.04 Å². The molecule has 1 amide bonds. The first-order valence-corrected chi connectivity index (χ1v) is 12.5. The highest BCUT2D eigenvalue weighted by Crippen LogP contribution is 2.75. The van der Waals surface area contributed by atoms with Gasteiger partial charge in [0.25, 0.3) is 0 Å². The standard InChI is InChI=1S/C25H23N8O2Si/c1-24-13-25(24,36)21(22(34)32(24)2)20-11-17(31-35-20)15-6-3-5-14(28-15)16-8-9-26-23(29-16)30-18-12-27-33-10-4-7-19(18)33/h3,5-6,8-9,11-12,21H,4,7,10,13H2,1-2H3,(H,26,29,30)/t21-,24+,25-/m0/s1. The van der Waals surface area contributed by atoms with E-state index in [9.17, 15) is 4.79 Å². The maximum Gasteiger partial charge on any atom is 0.233 e. The van der Waals surface area contributed by atoms with Gasteiger partial charge in [-0.15, -0.1) is 0 Å². The summed E-state index contributed by atoms with van der Waals surface area (Å²) < 4.78 is 7.69. The Bertz CT molecular complexity index is 1530. The summed E-state index contributed by atoms with van der Waals surface area (Å²) in [7, 11) is 5.72. The number of piperidine rings is 1. The number of hydrogen-bond donors (Lipinski definition) is 1. The van der Waals surface area contributed by atoms with Gasteiger partial charge in [0.2, 0.25) is 11.9 Å². The normalized spacial score (nSPS) is 26.2. The van der Waals surface area contributed by atoms with E-state index in [1.165, 1.54) is 5.69 Å². The van der Waals surface area contributed by atoms with Crippen LogP contribution in [0.3, 0.4) is 0 Å². The van der Waals surface area contributed by atoms with E-state index in [1.807, 2.05) is 53.2 Å².